The number of carbonyl (C=O) groups excluding carboxylic acids is 1. The molecule has 25 heavy (non-hydrogen) atoms. The van der Waals surface area contributed by atoms with Crippen LogP contribution in [0.4, 0.5) is 9.18 Å². The maximum absolute atomic E-state index is 14.3. The molecule has 0 radical (unpaired) electrons. The molecule has 0 saturated carbocycles. The van der Waals surface area contributed by atoms with Crippen molar-refractivity contribution in [3.05, 3.63) is 34.6 Å². The monoisotopic (exact) mass is 370 g/mol. The number of nitrogens with one attached hydrogen (secondary N) is 1. The first-order chi connectivity index (χ1) is 11.8. The molecule has 1 heterocycles. The number of nitrogens with zero attached hydrogens (tertiary/aromatic N) is 1. The minimum atomic E-state index is -0.550. The van der Waals surface area contributed by atoms with Crippen LogP contribution in [0.1, 0.15) is 39.2 Å². The van der Waals surface area contributed by atoms with Gasteiger partial charge in [0.25, 0.3) is 0 Å². The number of hydrogen-bond acceptors (Lipinski definition) is 2. The summed E-state index contributed by atoms with van der Waals surface area (Å²) in [6.07, 6.45) is 2.07. The Morgan fingerprint density at radius 2 is 2.24 bits per heavy atom. The standard InChI is InChI=1S/C19H28ClFN2O2/c1-4-25-12-14-7-6-10-23(11-14)18(24)22-13-19(2,3)15-8-5-9-16(20)17(15)21/h5,8-9,14H,4,6-7,10-13H2,1-3H3,(H,22,24). The number of piperidine rings is 1. The summed E-state index contributed by atoms with van der Waals surface area (Å²) < 4.78 is 19.8. The van der Waals surface area contributed by atoms with Crippen LogP contribution in [0.3, 0.4) is 0 Å². The number of amides is 2. The fourth-order valence-corrected chi connectivity index (χ4v) is 3.37. The molecule has 1 atom stereocenters. The molecule has 1 fully saturated rings. The molecule has 1 N–H and O–H groups in total. The highest BCUT2D eigenvalue weighted by Crippen LogP contribution is 2.29. The maximum atomic E-state index is 14.3. The summed E-state index contributed by atoms with van der Waals surface area (Å²) in [5.74, 6) is -0.0315. The van der Waals surface area contributed by atoms with Gasteiger partial charge in [-0.3, -0.25) is 0 Å². The van der Waals surface area contributed by atoms with Gasteiger partial charge < -0.3 is 15.0 Å². The Labute approximate surface area is 154 Å². The Morgan fingerprint density at radius 1 is 1.48 bits per heavy atom. The molecule has 1 saturated heterocycles. The number of likely N-dealkylation sites (tertiary alicyclic amines) is 1. The van der Waals surface area contributed by atoms with Gasteiger partial charge in [0.1, 0.15) is 5.82 Å². The van der Waals surface area contributed by atoms with Crippen LogP contribution < -0.4 is 5.32 Å². The predicted molar refractivity (Wildman–Crippen MR) is 98.6 cm³/mol. The second-order valence-electron chi connectivity index (χ2n) is 7.26. The van der Waals surface area contributed by atoms with Gasteiger partial charge in [0.05, 0.1) is 11.6 Å². The molecule has 2 amide bonds. The first-order valence-electron chi connectivity index (χ1n) is 8.90. The summed E-state index contributed by atoms with van der Waals surface area (Å²) in [7, 11) is 0. The van der Waals surface area contributed by atoms with Crippen LogP contribution in [0.2, 0.25) is 5.02 Å². The summed E-state index contributed by atoms with van der Waals surface area (Å²) >= 11 is 5.88. The van der Waals surface area contributed by atoms with E-state index in [1.54, 1.807) is 12.1 Å². The number of carbonyl (C=O) groups is 1. The van der Waals surface area contributed by atoms with Crippen molar-refractivity contribution in [3.8, 4) is 0 Å². The molecule has 1 aliphatic rings. The summed E-state index contributed by atoms with van der Waals surface area (Å²) in [6.45, 7) is 8.96. The van der Waals surface area contributed by atoms with Gasteiger partial charge in [-0.05, 0) is 31.4 Å². The van der Waals surface area contributed by atoms with Crippen molar-refractivity contribution < 1.29 is 13.9 Å². The van der Waals surface area contributed by atoms with Crippen LogP contribution in [-0.4, -0.2) is 43.8 Å². The molecule has 0 bridgehead atoms. The van der Waals surface area contributed by atoms with E-state index in [0.29, 0.717) is 37.8 Å². The first kappa shape index (κ1) is 20.0. The zero-order valence-corrected chi connectivity index (χ0v) is 16.0. The average Bonchev–Trinajstić information content (AvgIpc) is 2.60. The molecule has 4 nitrogen and oxygen atoms in total. The number of hydrogen-bond donors (Lipinski definition) is 1. The molecule has 0 aliphatic carbocycles. The molecular formula is C19H28ClFN2O2. The topological polar surface area (TPSA) is 41.6 Å². The van der Waals surface area contributed by atoms with Gasteiger partial charge in [-0.25, -0.2) is 9.18 Å². The Bertz CT molecular complexity index is 595. The molecule has 1 aromatic carbocycles. The second-order valence-corrected chi connectivity index (χ2v) is 7.66. The number of rotatable bonds is 6. The zero-order valence-electron chi connectivity index (χ0n) is 15.3. The average molecular weight is 371 g/mol. The third-order valence-corrected chi connectivity index (χ3v) is 5.02. The van der Waals surface area contributed by atoms with E-state index < -0.39 is 11.2 Å². The lowest BCUT2D eigenvalue weighted by Crippen LogP contribution is -2.49. The highest BCUT2D eigenvalue weighted by atomic mass is 35.5. The van der Waals surface area contributed by atoms with Crippen LogP contribution >= 0.6 is 11.6 Å². The van der Waals surface area contributed by atoms with Crippen LogP contribution in [0.5, 0.6) is 0 Å². The van der Waals surface area contributed by atoms with Gasteiger partial charge in [0.2, 0.25) is 0 Å². The van der Waals surface area contributed by atoms with Crippen LogP contribution in [0.25, 0.3) is 0 Å². The minimum absolute atomic E-state index is 0.100. The number of urea groups is 1. The minimum Gasteiger partial charge on any atom is -0.381 e. The van der Waals surface area contributed by atoms with Gasteiger partial charge in [-0.2, -0.15) is 0 Å². The summed E-state index contributed by atoms with van der Waals surface area (Å²) in [5, 5.41) is 3.05. The number of benzene rings is 1. The SMILES string of the molecule is CCOCC1CCCN(C(=O)NCC(C)(C)c2cccc(Cl)c2F)C1. The number of ether oxygens (including phenoxy) is 1. The van der Waals surface area contributed by atoms with Gasteiger partial charge in [-0.1, -0.05) is 37.6 Å². The third kappa shape index (κ3) is 5.32. The van der Waals surface area contributed by atoms with Gasteiger partial charge in [0, 0.05) is 37.6 Å². The molecule has 1 aromatic rings. The molecule has 140 valence electrons. The Balaban J connectivity index is 1.93. The maximum Gasteiger partial charge on any atom is 0.317 e. The van der Waals surface area contributed by atoms with E-state index in [2.05, 4.69) is 5.32 Å². The van der Waals surface area contributed by atoms with Crippen molar-refractivity contribution in [1.29, 1.82) is 0 Å². The zero-order chi connectivity index (χ0) is 18.4. The van der Waals surface area contributed by atoms with E-state index in [1.807, 2.05) is 25.7 Å². The molecule has 6 heteroatoms. The highest BCUT2D eigenvalue weighted by Gasteiger charge is 2.28. The quantitative estimate of drug-likeness (QED) is 0.814. The lowest BCUT2D eigenvalue weighted by atomic mass is 9.84. The summed E-state index contributed by atoms with van der Waals surface area (Å²) in [5.41, 5.74) is -0.0429. The van der Waals surface area contributed by atoms with E-state index in [1.165, 1.54) is 6.07 Å². The van der Waals surface area contributed by atoms with Crippen molar-refractivity contribution in [2.24, 2.45) is 5.92 Å². The van der Waals surface area contributed by atoms with Crippen LogP contribution in [0, 0.1) is 11.7 Å². The first-order valence-corrected chi connectivity index (χ1v) is 9.28. The van der Waals surface area contributed by atoms with E-state index in [0.717, 1.165) is 19.4 Å². The Morgan fingerprint density at radius 3 is 2.96 bits per heavy atom. The summed E-state index contributed by atoms with van der Waals surface area (Å²) in [4.78, 5) is 14.3. The van der Waals surface area contributed by atoms with E-state index >= 15 is 0 Å². The normalized spacial score (nSPS) is 18.3. The third-order valence-electron chi connectivity index (χ3n) is 4.73. The van der Waals surface area contributed by atoms with E-state index in [-0.39, 0.29) is 11.1 Å². The van der Waals surface area contributed by atoms with Gasteiger partial charge in [-0.15, -0.1) is 0 Å². The van der Waals surface area contributed by atoms with E-state index in [4.69, 9.17) is 16.3 Å². The fraction of sp³-hybridized carbons (Fsp3) is 0.632. The number of halogens is 2. The lowest BCUT2D eigenvalue weighted by molar-refractivity contribution is 0.0754. The Kier molecular flexibility index (Phi) is 7.08. The lowest BCUT2D eigenvalue weighted by Gasteiger charge is -2.34. The Hall–Kier alpha value is -1.33. The van der Waals surface area contributed by atoms with Crippen LogP contribution in [0.15, 0.2) is 18.2 Å². The molecule has 1 aliphatic heterocycles. The van der Waals surface area contributed by atoms with Gasteiger partial charge in [0.15, 0.2) is 0 Å². The smallest absolute Gasteiger partial charge is 0.317 e. The van der Waals surface area contributed by atoms with Crippen molar-refractivity contribution >= 4 is 17.6 Å². The van der Waals surface area contributed by atoms with Crippen LogP contribution in [-0.2, 0) is 10.2 Å². The molecular weight excluding hydrogens is 343 g/mol. The highest BCUT2D eigenvalue weighted by molar-refractivity contribution is 6.30. The van der Waals surface area contributed by atoms with Crippen molar-refractivity contribution in [1.82, 2.24) is 10.2 Å². The largest absolute Gasteiger partial charge is 0.381 e. The molecule has 2 rings (SSSR count). The predicted octanol–water partition coefficient (Wildman–Crippen LogP) is 4.21. The van der Waals surface area contributed by atoms with E-state index in [9.17, 15) is 9.18 Å². The molecule has 1 unspecified atom stereocenters. The molecule has 0 aromatic heterocycles. The summed E-state index contributed by atoms with van der Waals surface area (Å²) in [6, 6.07) is 4.87. The van der Waals surface area contributed by atoms with Crippen molar-refractivity contribution in [2.75, 3.05) is 32.8 Å². The van der Waals surface area contributed by atoms with Crippen molar-refractivity contribution in [2.45, 2.75) is 39.0 Å². The van der Waals surface area contributed by atoms with Gasteiger partial charge >= 0.3 is 6.03 Å². The fourth-order valence-electron chi connectivity index (χ4n) is 3.20. The molecule has 0 spiro atoms. The second kappa shape index (κ2) is 8.86. The van der Waals surface area contributed by atoms with Crippen molar-refractivity contribution in [3.63, 3.8) is 0 Å².